The maximum atomic E-state index is 5.74. The van der Waals surface area contributed by atoms with Gasteiger partial charge in [-0.1, -0.05) is 6.08 Å². The smallest absolute Gasteiger partial charge is 0.0644 e. The lowest BCUT2D eigenvalue weighted by molar-refractivity contribution is 0.756. The first-order valence-electron chi connectivity index (χ1n) is 3.53. The molecule has 0 aromatic carbocycles. The fraction of sp³-hybridized carbons (Fsp3) is 0.375. The van der Waals surface area contributed by atoms with Crippen LogP contribution in [-0.2, 0) is 7.05 Å². The summed E-state index contributed by atoms with van der Waals surface area (Å²) in [7, 11) is 1.88. The molecule has 0 saturated heterocycles. The van der Waals surface area contributed by atoms with E-state index < -0.39 is 0 Å². The van der Waals surface area contributed by atoms with E-state index in [1.54, 1.807) is 10.8 Å². The second-order valence-electron chi connectivity index (χ2n) is 2.61. The predicted octanol–water partition coefficient (Wildman–Crippen LogP) is 0.914. The van der Waals surface area contributed by atoms with Crippen molar-refractivity contribution in [1.82, 2.24) is 9.78 Å². The number of hydrogen-bond acceptors (Lipinski definition) is 2. The number of nitrogens with two attached hydrogens (primary N) is 1. The molecule has 1 aromatic rings. The number of rotatable bonds is 2. The molecule has 0 saturated carbocycles. The van der Waals surface area contributed by atoms with E-state index in [1.807, 2.05) is 20.2 Å². The van der Waals surface area contributed by atoms with Crippen LogP contribution in [0.5, 0.6) is 0 Å². The molecule has 1 rings (SSSR count). The van der Waals surface area contributed by atoms with Gasteiger partial charge in [-0.05, 0) is 6.92 Å². The summed E-state index contributed by atoms with van der Waals surface area (Å²) in [6.07, 6.45) is 3.63. The molecule has 0 fully saturated rings. The summed E-state index contributed by atoms with van der Waals surface area (Å²) >= 11 is 0. The van der Waals surface area contributed by atoms with Crippen LogP contribution in [0.3, 0.4) is 0 Å². The zero-order valence-corrected chi connectivity index (χ0v) is 6.91. The average Bonchev–Trinajstić information content (AvgIpc) is 2.28. The van der Waals surface area contributed by atoms with Crippen molar-refractivity contribution in [1.29, 1.82) is 0 Å². The minimum atomic E-state index is -0.0938. The molecule has 2 N–H and O–H groups in total. The molecule has 0 bridgehead atoms. The molecule has 0 spiro atoms. The van der Waals surface area contributed by atoms with Crippen molar-refractivity contribution in [3.63, 3.8) is 0 Å². The van der Waals surface area contributed by atoms with E-state index >= 15 is 0 Å². The van der Waals surface area contributed by atoms with Gasteiger partial charge in [0.05, 0.1) is 11.7 Å². The van der Waals surface area contributed by atoms with Gasteiger partial charge < -0.3 is 5.73 Å². The van der Waals surface area contributed by atoms with E-state index in [0.717, 1.165) is 11.3 Å². The van der Waals surface area contributed by atoms with Gasteiger partial charge in [0.2, 0.25) is 0 Å². The van der Waals surface area contributed by atoms with Crippen molar-refractivity contribution in [2.75, 3.05) is 0 Å². The van der Waals surface area contributed by atoms with Crippen LogP contribution in [0.2, 0.25) is 0 Å². The Hall–Kier alpha value is -1.09. The second-order valence-corrected chi connectivity index (χ2v) is 2.61. The Morgan fingerprint density at radius 3 is 2.82 bits per heavy atom. The van der Waals surface area contributed by atoms with E-state index in [4.69, 9.17) is 5.73 Å². The molecule has 0 aliphatic carbocycles. The third kappa shape index (κ3) is 1.49. The predicted molar refractivity (Wildman–Crippen MR) is 45.1 cm³/mol. The van der Waals surface area contributed by atoms with Gasteiger partial charge in [0.1, 0.15) is 0 Å². The van der Waals surface area contributed by atoms with Gasteiger partial charge in [-0.15, -0.1) is 6.58 Å². The molecule has 1 atom stereocenters. The van der Waals surface area contributed by atoms with Crippen LogP contribution in [0.4, 0.5) is 0 Å². The van der Waals surface area contributed by atoms with Crippen LogP contribution in [-0.4, -0.2) is 9.78 Å². The van der Waals surface area contributed by atoms with Crippen molar-refractivity contribution >= 4 is 0 Å². The first-order valence-corrected chi connectivity index (χ1v) is 3.53. The van der Waals surface area contributed by atoms with E-state index in [9.17, 15) is 0 Å². The number of hydrogen-bond donors (Lipinski definition) is 1. The summed E-state index contributed by atoms with van der Waals surface area (Å²) in [5, 5.41) is 4.17. The molecule has 3 heteroatoms. The topological polar surface area (TPSA) is 43.8 Å². The van der Waals surface area contributed by atoms with Crippen LogP contribution in [0.1, 0.15) is 17.3 Å². The molecule has 11 heavy (non-hydrogen) atoms. The number of nitrogens with zero attached hydrogens (tertiary/aromatic N) is 2. The Morgan fingerprint density at radius 1 is 1.82 bits per heavy atom. The zero-order valence-electron chi connectivity index (χ0n) is 6.91. The molecular weight excluding hydrogens is 138 g/mol. The van der Waals surface area contributed by atoms with Gasteiger partial charge in [0.15, 0.2) is 0 Å². The van der Waals surface area contributed by atoms with Crippen molar-refractivity contribution in [3.05, 3.63) is 30.1 Å². The molecule has 60 valence electrons. The highest BCUT2D eigenvalue weighted by atomic mass is 15.2. The van der Waals surface area contributed by atoms with Crippen LogP contribution < -0.4 is 5.73 Å². The minimum Gasteiger partial charge on any atom is -0.321 e. The molecule has 3 nitrogen and oxygen atoms in total. The Balaban J connectivity index is 3.02. The van der Waals surface area contributed by atoms with Crippen LogP contribution >= 0.6 is 0 Å². The molecule has 0 aliphatic rings. The lowest BCUT2D eigenvalue weighted by atomic mass is 10.1. The molecule has 1 unspecified atom stereocenters. The molecule has 1 heterocycles. The van der Waals surface area contributed by atoms with Crippen LogP contribution in [0, 0.1) is 6.92 Å². The fourth-order valence-corrected chi connectivity index (χ4v) is 1.07. The second kappa shape index (κ2) is 2.88. The Bertz CT molecular complexity index is 262. The van der Waals surface area contributed by atoms with E-state index in [2.05, 4.69) is 11.7 Å². The maximum Gasteiger partial charge on any atom is 0.0644 e. The number of aromatic nitrogens is 2. The summed E-state index contributed by atoms with van der Waals surface area (Å²) < 4.78 is 1.76. The minimum absolute atomic E-state index is 0.0938. The van der Waals surface area contributed by atoms with Crippen molar-refractivity contribution < 1.29 is 0 Å². The Labute approximate surface area is 66.5 Å². The Kier molecular flexibility index (Phi) is 2.10. The van der Waals surface area contributed by atoms with Gasteiger partial charge in [0.25, 0.3) is 0 Å². The highest BCUT2D eigenvalue weighted by Gasteiger charge is 2.07. The molecule has 0 radical (unpaired) electrons. The first-order chi connectivity index (χ1) is 5.15. The fourth-order valence-electron chi connectivity index (χ4n) is 1.07. The van der Waals surface area contributed by atoms with Gasteiger partial charge in [-0.2, -0.15) is 5.10 Å². The number of aryl methyl sites for hydroxylation is 2. The first kappa shape index (κ1) is 8.01. The molecule has 1 aromatic heterocycles. The summed E-state index contributed by atoms with van der Waals surface area (Å²) in [6.45, 7) is 5.57. The summed E-state index contributed by atoms with van der Waals surface area (Å²) in [4.78, 5) is 0. The van der Waals surface area contributed by atoms with Crippen molar-refractivity contribution in [2.24, 2.45) is 12.8 Å². The maximum absolute atomic E-state index is 5.74. The van der Waals surface area contributed by atoms with Crippen LogP contribution in [0.15, 0.2) is 18.9 Å². The lowest BCUT2D eigenvalue weighted by Crippen LogP contribution is -2.06. The summed E-state index contributed by atoms with van der Waals surface area (Å²) in [5.41, 5.74) is 7.75. The Morgan fingerprint density at radius 2 is 2.45 bits per heavy atom. The van der Waals surface area contributed by atoms with Crippen molar-refractivity contribution in [2.45, 2.75) is 13.0 Å². The van der Waals surface area contributed by atoms with E-state index in [0.29, 0.717) is 0 Å². The van der Waals surface area contributed by atoms with Gasteiger partial charge in [-0.3, -0.25) is 4.68 Å². The third-order valence-electron chi connectivity index (χ3n) is 1.66. The monoisotopic (exact) mass is 151 g/mol. The standard InChI is InChI=1S/C8H13N3/c1-4-8(9)7-5-11(3)10-6(7)2/h4-5,8H,1,9H2,2-3H3. The summed E-state index contributed by atoms with van der Waals surface area (Å²) in [5.74, 6) is 0. The molecular formula is C8H13N3. The quantitative estimate of drug-likeness (QED) is 0.638. The van der Waals surface area contributed by atoms with Gasteiger partial charge >= 0.3 is 0 Å². The highest BCUT2D eigenvalue weighted by Crippen LogP contribution is 2.13. The summed E-state index contributed by atoms with van der Waals surface area (Å²) in [6, 6.07) is -0.0938. The SMILES string of the molecule is C=CC(N)c1cn(C)nc1C. The zero-order chi connectivity index (χ0) is 8.43. The van der Waals surface area contributed by atoms with Gasteiger partial charge in [-0.25, -0.2) is 0 Å². The van der Waals surface area contributed by atoms with E-state index in [1.165, 1.54) is 0 Å². The lowest BCUT2D eigenvalue weighted by Gasteiger charge is -2.01. The highest BCUT2D eigenvalue weighted by molar-refractivity contribution is 5.22. The van der Waals surface area contributed by atoms with E-state index in [-0.39, 0.29) is 6.04 Å². The largest absolute Gasteiger partial charge is 0.321 e. The average molecular weight is 151 g/mol. The molecule has 0 amide bonds. The van der Waals surface area contributed by atoms with Gasteiger partial charge in [0, 0.05) is 18.8 Å². The third-order valence-corrected chi connectivity index (χ3v) is 1.66. The normalized spacial score (nSPS) is 13.0. The van der Waals surface area contributed by atoms with Crippen molar-refractivity contribution in [3.8, 4) is 0 Å². The van der Waals surface area contributed by atoms with Crippen LogP contribution in [0.25, 0.3) is 0 Å². The molecule has 0 aliphatic heterocycles.